The lowest BCUT2D eigenvalue weighted by Crippen LogP contribution is -2.19. The maximum atomic E-state index is 13.0. The fourth-order valence-corrected chi connectivity index (χ4v) is 3.44. The Morgan fingerprint density at radius 3 is 2.46 bits per heavy atom. The molecule has 0 bridgehead atoms. The molecule has 35 heavy (non-hydrogen) atoms. The van der Waals surface area contributed by atoms with Gasteiger partial charge >= 0.3 is 0 Å². The number of hydrazone groups is 1. The number of carbonyl (C=O) groups excluding carboxylic acids is 1. The number of nitrogens with two attached hydrogens (primary N) is 1. The van der Waals surface area contributed by atoms with Crippen molar-refractivity contribution in [3.8, 4) is 34.3 Å². The Kier molecular flexibility index (Phi) is 6.78. The van der Waals surface area contributed by atoms with Crippen LogP contribution >= 0.6 is 11.6 Å². The van der Waals surface area contributed by atoms with Crippen LogP contribution in [0.25, 0.3) is 17.1 Å². The Hall–Kier alpha value is -4.65. The first kappa shape index (κ1) is 23.5. The van der Waals surface area contributed by atoms with E-state index < -0.39 is 5.91 Å². The average Bonchev–Trinajstić information content (AvgIpc) is 3.49. The third-order valence-corrected chi connectivity index (χ3v) is 5.11. The average molecular weight is 499 g/mol. The molecule has 4 rings (SSSR count). The van der Waals surface area contributed by atoms with E-state index in [1.54, 1.807) is 36.4 Å². The quantitative estimate of drug-likeness (QED) is 0.272. The van der Waals surface area contributed by atoms with Crippen LogP contribution in [0.4, 0.5) is 5.82 Å². The summed E-state index contributed by atoms with van der Waals surface area (Å²) in [5.41, 5.74) is 9.41. The van der Waals surface area contributed by atoms with Crippen molar-refractivity contribution in [1.82, 2.24) is 30.7 Å². The van der Waals surface area contributed by atoms with E-state index in [0.29, 0.717) is 33.4 Å². The van der Waals surface area contributed by atoms with E-state index in [0.717, 1.165) is 0 Å². The van der Waals surface area contributed by atoms with Gasteiger partial charge in [0.15, 0.2) is 17.2 Å². The second-order valence-corrected chi connectivity index (χ2v) is 7.22. The minimum absolute atomic E-state index is 0.0458. The Morgan fingerprint density at radius 2 is 1.86 bits per heavy atom. The van der Waals surface area contributed by atoms with Crippen molar-refractivity contribution in [2.24, 2.45) is 5.10 Å². The molecule has 4 aromatic rings. The highest BCUT2D eigenvalue weighted by atomic mass is 35.5. The van der Waals surface area contributed by atoms with Gasteiger partial charge in [-0.3, -0.25) is 4.79 Å². The lowest BCUT2D eigenvalue weighted by atomic mass is 10.1. The Morgan fingerprint density at radius 1 is 1.14 bits per heavy atom. The molecule has 2 aromatic carbocycles. The van der Waals surface area contributed by atoms with Gasteiger partial charge < -0.3 is 19.9 Å². The molecule has 13 nitrogen and oxygen atoms in total. The van der Waals surface area contributed by atoms with Gasteiger partial charge in [0.25, 0.3) is 5.91 Å². The summed E-state index contributed by atoms with van der Waals surface area (Å²) in [6.07, 6.45) is 1.40. The summed E-state index contributed by atoms with van der Waals surface area (Å²) in [5, 5.41) is 19.6. The number of rotatable bonds is 8. The van der Waals surface area contributed by atoms with Gasteiger partial charge in [0.1, 0.15) is 5.69 Å². The molecule has 2 heterocycles. The number of carbonyl (C=O) groups is 1. The summed E-state index contributed by atoms with van der Waals surface area (Å²) in [6.45, 7) is 0. The maximum Gasteiger partial charge on any atom is 0.294 e. The van der Waals surface area contributed by atoms with Crippen molar-refractivity contribution < 1.29 is 23.6 Å². The Bertz CT molecular complexity index is 1380. The Labute approximate surface area is 203 Å². The fourth-order valence-electron chi connectivity index (χ4n) is 3.21. The summed E-state index contributed by atoms with van der Waals surface area (Å²) < 4.78 is 21.8. The molecular weight excluding hydrogens is 480 g/mol. The first-order chi connectivity index (χ1) is 17.0. The van der Waals surface area contributed by atoms with Crippen LogP contribution < -0.4 is 25.4 Å². The van der Waals surface area contributed by atoms with Gasteiger partial charge in [-0.05, 0) is 28.5 Å². The third kappa shape index (κ3) is 4.56. The molecule has 0 fully saturated rings. The molecule has 0 unspecified atom stereocenters. The van der Waals surface area contributed by atoms with Crippen LogP contribution in [0.2, 0.25) is 5.02 Å². The number of aromatic nitrogens is 5. The number of methoxy groups -OCH3 is 3. The molecule has 3 N–H and O–H groups in total. The van der Waals surface area contributed by atoms with Crippen LogP contribution in [0.5, 0.6) is 17.2 Å². The van der Waals surface area contributed by atoms with Gasteiger partial charge in [-0.2, -0.15) is 9.78 Å². The van der Waals surface area contributed by atoms with Gasteiger partial charge in [-0.1, -0.05) is 35.0 Å². The van der Waals surface area contributed by atoms with E-state index in [1.165, 1.54) is 32.2 Å². The SMILES string of the molecule is COc1cc(/C=N/NC(=O)c2nnn(-c3nonc3N)c2-c2ccccc2Cl)cc(OC)c1OC. The number of nitrogen functional groups attached to an aromatic ring is 1. The van der Waals surface area contributed by atoms with Gasteiger partial charge in [-0.25, -0.2) is 10.1 Å². The lowest BCUT2D eigenvalue weighted by Gasteiger charge is -2.12. The second kappa shape index (κ2) is 10.1. The molecule has 0 atom stereocenters. The van der Waals surface area contributed by atoms with Crippen molar-refractivity contribution in [2.75, 3.05) is 27.1 Å². The van der Waals surface area contributed by atoms with E-state index >= 15 is 0 Å². The molecule has 0 spiro atoms. The number of benzene rings is 2. The molecule has 1 amide bonds. The maximum absolute atomic E-state index is 13.0. The molecule has 2 aromatic heterocycles. The van der Waals surface area contributed by atoms with E-state index in [1.807, 2.05) is 0 Å². The van der Waals surface area contributed by atoms with E-state index in [2.05, 4.69) is 35.8 Å². The Balaban J connectivity index is 1.67. The first-order valence-corrected chi connectivity index (χ1v) is 10.3. The van der Waals surface area contributed by atoms with Gasteiger partial charge in [0.2, 0.25) is 17.4 Å². The molecule has 180 valence electrons. The topological polar surface area (TPSA) is 165 Å². The highest BCUT2D eigenvalue weighted by Crippen LogP contribution is 2.37. The molecule has 0 saturated carbocycles. The molecular formula is C21H19ClN8O5. The summed E-state index contributed by atoms with van der Waals surface area (Å²) in [5.74, 6) is 0.636. The highest BCUT2D eigenvalue weighted by Gasteiger charge is 2.26. The molecule has 0 radical (unpaired) electrons. The second-order valence-electron chi connectivity index (χ2n) is 6.81. The summed E-state index contributed by atoms with van der Waals surface area (Å²) in [4.78, 5) is 13.0. The number of hydrogen-bond acceptors (Lipinski definition) is 11. The van der Waals surface area contributed by atoms with Crippen LogP contribution in [0.15, 0.2) is 46.1 Å². The number of nitrogens with one attached hydrogen (secondary N) is 1. The predicted molar refractivity (Wildman–Crippen MR) is 125 cm³/mol. The number of halogens is 1. The van der Waals surface area contributed by atoms with Gasteiger partial charge in [0.05, 0.1) is 32.6 Å². The predicted octanol–water partition coefficient (Wildman–Crippen LogP) is 2.34. The molecule has 0 aliphatic carbocycles. The fraction of sp³-hybridized carbons (Fsp3) is 0.143. The molecule has 0 aliphatic rings. The zero-order chi connectivity index (χ0) is 24.9. The normalized spacial score (nSPS) is 11.0. The zero-order valence-electron chi connectivity index (χ0n) is 18.7. The van der Waals surface area contributed by atoms with E-state index in [4.69, 9.17) is 31.5 Å². The van der Waals surface area contributed by atoms with E-state index in [-0.39, 0.29) is 23.0 Å². The van der Waals surface area contributed by atoms with Crippen LogP contribution in [-0.4, -0.2) is 58.8 Å². The third-order valence-electron chi connectivity index (χ3n) is 4.78. The molecule has 0 saturated heterocycles. The minimum Gasteiger partial charge on any atom is -0.493 e. The standard InChI is InChI=1S/C21H19ClN8O5/c1-32-14-8-11(9-15(33-2)18(14)34-3)10-24-26-21(31)16-17(12-6-4-5-7-13(12)22)30(29-25-16)20-19(23)27-35-28-20/h4-10H,1-3H3,(H2,23,27)(H,26,31)/b24-10+. The molecule has 0 aliphatic heterocycles. The van der Waals surface area contributed by atoms with Crippen LogP contribution in [0.1, 0.15) is 16.1 Å². The van der Waals surface area contributed by atoms with Crippen molar-refractivity contribution in [3.05, 3.63) is 52.7 Å². The van der Waals surface area contributed by atoms with Crippen molar-refractivity contribution >= 4 is 29.5 Å². The number of ether oxygens (including phenoxy) is 3. The van der Waals surface area contributed by atoms with Crippen LogP contribution in [0, 0.1) is 0 Å². The number of hydrogen-bond donors (Lipinski definition) is 2. The van der Waals surface area contributed by atoms with Crippen molar-refractivity contribution in [2.45, 2.75) is 0 Å². The summed E-state index contributed by atoms with van der Waals surface area (Å²) >= 11 is 6.38. The lowest BCUT2D eigenvalue weighted by molar-refractivity contribution is 0.0950. The van der Waals surface area contributed by atoms with E-state index in [9.17, 15) is 4.79 Å². The van der Waals surface area contributed by atoms with Crippen molar-refractivity contribution in [1.29, 1.82) is 0 Å². The largest absolute Gasteiger partial charge is 0.493 e. The summed E-state index contributed by atoms with van der Waals surface area (Å²) in [6, 6.07) is 10.2. The highest BCUT2D eigenvalue weighted by molar-refractivity contribution is 6.33. The minimum atomic E-state index is -0.662. The number of anilines is 1. The zero-order valence-corrected chi connectivity index (χ0v) is 19.5. The van der Waals surface area contributed by atoms with Crippen molar-refractivity contribution in [3.63, 3.8) is 0 Å². The van der Waals surface area contributed by atoms with Gasteiger partial charge in [-0.15, -0.1) is 5.10 Å². The van der Waals surface area contributed by atoms with Crippen LogP contribution in [0.3, 0.4) is 0 Å². The first-order valence-electron chi connectivity index (χ1n) is 9.90. The van der Waals surface area contributed by atoms with Crippen LogP contribution in [-0.2, 0) is 0 Å². The number of nitrogens with zero attached hydrogens (tertiary/aromatic N) is 6. The smallest absolute Gasteiger partial charge is 0.294 e. The van der Waals surface area contributed by atoms with Gasteiger partial charge in [0, 0.05) is 11.1 Å². The monoisotopic (exact) mass is 498 g/mol. The summed E-state index contributed by atoms with van der Waals surface area (Å²) in [7, 11) is 4.49. The molecule has 14 heteroatoms. The number of amides is 1.